The SMILES string of the molecule is CC(C)CNCc1ccc2c(c1O)C(O)=C1C(=O)C3(O)C(O)=C(C(N)=O)C(=O)C(N(C)C)C3C(O)C1C2C. The molecule has 1 fully saturated rings. The minimum atomic E-state index is -2.92. The van der Waals surface area contributed by atoms with Crippen molar-refractivity contribution < 1.29 is 39.9 Å². The second kappa shape index (κ2) is 9.49. The highest BCUT2D eigenvalue weighted by Gasteiger charge is 2.68. The van der Waals surface area contributed by atoms with E-state index in [2.05, 4.69) is 5.32 Å². The first kappa shape index (κ1) is 27.8. The molecule has 38 heavy (non-hydrogen) atoms. The van der Waals surface area contributed by atoms with Crippen LogP contribution in [-0.2, 0) is 20.9 Å². The van der Waals surface area contributed by atoms with Crippen LogP contribution in [0.4, 0.5) is 0 Å². The van der Waals surface area contributed by atoms with E-state index >= 15 is 0 Å². The van der Waals surface area contributed by atoms with Gasteiger partial charge in [0, 0.05) is 23.6 Å². The van der Waals surface area contributed by atoms with Crippen molar-refractivity contribution in [2.24, 2.45) is 23.5 Å². The number of hydrogen-bond acceptors (Lipinski definition) is 10. The number of benzene rings is 1. The summed E-state index contributed by atoms with van der Waals surface area (Å²) in [5.74, 6) is -8.53. The van der Waals surface area contributed by atoms with Gasteiger partial charge in [0.25, 0.3) is 5.91 Å². The number of aliphatic hydroxyl groups is 4. The molecule has 1 aromatic carbocycles. The summed E-state index contributed by atoms with van der Waals surface area (Å²) in [7, 11) is 2.94. The summed E-state index contributed by atoms with van der Waals surface area (Å²) in [5, 5.41) is 59.9. The van der Waals surface area contributed by atoms with Gasteiger partial charge in [-0.05, 0) is 38.0 Å². The molecule has 0 radical (unpaired) electrons. The molecule has 4 rings (SSSR count). The van der Waals surface area contributed by atoms with Gasteiger partial charge in [0.15, 0.2) is 11.4 Å². The molecule has 3 aliphatic carbocycles. The van der Waals surface area contributed by atoms with Gasteiger partial charge in [-0.15, -0.1) is 0 Å². The fourth-order valence-corrected chi connectivity index (χ4v) is 6.30. The molecule has 11 nitrogen and oxygen atoms in total. The Morgan fingerprint density at radius 2 is 1.82 bits per heavy atom. The van der Waals surface area contributed by atoms with Crippen LogP contribution in [0.5, 0.6) is 5.75 Å². The number of phenols is 1. The molecule has 11 heteroatoms. The van der Waals surface area contributed by atoms with Crippen molar-refractivity contribution in [2.45, 2.75) is 51.0 Å². The molecule has 6 atom stereocenters. The van der Waals surface area contributed by atoms with Crippen LogP contribution in [0.15, 0.2) is 29.0 Å². The van der Waals surface area contributed by atoms with Crippen LogP contribution in [0.1, 0.15) is 43.4 Å². The highest BCUT2D eigenvalue weighted by molar-refractivity contribution is 6.24. The van der Waals surface area contributed by atoms with Gasteiger partial charge in [-0.1, -0.05) is 32.9 Å². The number of ketones is 2. The highest BCUT2D eigenvalue weighted by atomic mass is 16.4. The van der Waals surface area contributed by atoms with E-state index in [9.17, 15) is 39.9 Å². The third-order valence-electron chi connectivity index (χ3n) is 8.08. The zero-order valence-electron chi connectivity index (χ0n) is 22.0. The van der Waals surface area contributed by atoms with Gasteiger partial charge >= 0.3 is 0 Å². The largest absolute Gasteiger partial charge is 0.508 e. The van der Waals surface area contributed by atoms with Gasteiger partial charge in [0.05, 0.1) is 23.6 Å². The summed E-state index contributed by atoms with van der Waals surface area (Å²) in [6.07, 6.45) is -1.61. The van der Waals surface area contributed by atoms with Gasteiger partial charge in [-0.2, -0.15) is 0 Å². The van der Waals surface area contributed by atoms with Crippen molar-refractivity contribution >= 4 is 23.2 Å². The number of aromatic hydroxyl groups is 1. The lowest BCUT2D eigenvalue weighted by Crippen LogP contribution is -2.70. The molecule has 0 saturated heterocycles. The number of likely N-dealkylation sites (N-methyl/N-ethyl adjacent to an activating group) is 1. The third-order valence-corrected chi connectivity index (χ3v) is 8.08. The van der Waals surface area contributed by atoms with Gasteiger partial charge in [-0.25, -0.2) is 0 Å². The molecule has 8 N–H and O–H groups in total. The summed E-state index contributed by atoms with van der Waals surface area (Å²) < 4.78 is 0. The standard InChI is InChI=1S/C27H35N3O8/c1-10(2)8-29-9-12-6-7-13-11(3)14-16(21(32)15(13)20(12)31)24(35)27(38)18(22(14)33)19(30(4)5)23(34)17(25(27)36)26(28)37/h6-7,10-11,14,18-19,22,29,31-33,36,38H,8-9H2,1-5H3,(H2,28,37). The number of rotatable bonds is 6. The van der Waals surface area contributed by atoms with Crippen LogP contribution < -0.4 is 11.1 Å². The van der Waals surface area contributed by atoms with Crippen molar-refractivity contribution in [3.63, 3.8) is 0 Å². The Bertz CT molecular complexity index is 1280. The normalized spacial score (nSPS) is 31.0. The van der Waals surface area contributed by atoms with Gasteiger partial charge < -0.3 is 36.6 Å². The van der Waals surface area contributed by atoms with E-state index in [1.165, 1.54) is 19.0 Å². The van der Waals surface area contributed by atoms with Gasteiger partial charge in [0.1, 0.15) is 22.8 Å². The Balaban J connectivity index is 1.94. The Morgan fingerprint density at radius 1 is 1.18 bits per heavy atom. The molecule has 0 aliphatic heterocycles. The zero-order chi connectivity index (χ0) is 28.4. The number of phenolic OH excluding ortho intramolecular Hbond substituents is 1. The number of amides is 1. The molecule has 1 aromatic rings. The summed E-state index contributed by atoms with van der Waals surface area (Å²) >= 11 is 0. The van der Waals surface area contributed by atoms with Crippen LogP contribution in [0, 0.1) is 17.8 Å². The summed E-state index contributed by atoms with van der Waals surface area (Å²) in [4.78, 5) is 40.6. The maximum atomic E-state index is 14.0. The van der Waals surface area contributed by atoms with Gasteiger partial charge in [-0.3, -0.25) is 19.3 Å². The molecule has 1 amide bonds. The lowest BCUT2D eigenvalue weighted by Gasteiger charge is -2.53. The minimum Gasteiger partial charge on any atom is -0.508 e. The second-order valence-electron chi connectivity index (χ2n) is 11.1. The maximum Gasteiger partial charge on any atom is 0.255 e. The van der Waals surface area contributed by atoms with E-state index in [1.54, 1.807) is 19.1 Å². The smallest absolute Gasteiger partial charge is 0.255 e. The number of Topliss-reactive ketones (excluding diaryl/α,β-unsaturated/α-hetero) is 2. The van der Waals surface area contributed by atoms with Gasteiger partial charge in [0.2, 0.25) is 5.78 Å². The molecule has 206 valence electrons. The lowest BCUT2D eigenvalue weighted by molar-refractivity contribution is -0.169. The van der Waals surface area contributed by atoms with E-state index in [4.69, 9.17) is 5.73 Å². The topological polar surface area (TPSA) is 194 Å². The molecular formula is C27H35N3O8. The summed E-state index contributed by atoms with van der Waals surface area (Å²) in [6, 6.07) is 2.02. The summed E-state index contributed by atoms with van der Waals surface area (Å²) in [5.41, 5.74) is 2.00. The number of nitrogens with zero attached hydrogens (tertiary/aromatic N) is 1. The Kier molecular flexibility index (Phi) is 6.94. The average Bonchev–Trinajstić information content (AvgIpc) is 2.82. The third kappa shape index (κ3) is 3.76. The van der Waals surface area contributed by atoms with Crippen molar-refractivity contribution in [3.8, 4) is 5.75 Å². The number of carbonyl (C=O) groups excluding carboxylic acids is 3. The Hall–Kier alpha value is -3.25. The lowest BCUT2D eigenvalue weighted by atomic mass is 9.54. The summed E-state index contributed by atoms with van der Waals surface area (Å²) in [6.45, 7) is 6.73. The number of nitrogens with two attached hydrogens (primary N) is 1. The molecular weight excluding hydrogens is 494 g/mol. The number of aliphatic hydroxyl groups excluding tert-OH is 3. The van der Waals surface area contributed by atoms with E-state index in [0.29, 0.717) is 30.1 Å². The molecule has 3 aliphatic rings. The minimum absolute atomic E-state index is 0.00941. The van der Waals surface area contributed by atoms with Crippen LogP contribution in [-0.4, -0.2) is 86.3 Å². The quantitative estimate of drug-likeness (QED) is 0.251. The van der Waals surface area contributed by atoms with Crippen LogP contribution in [0.3, 0.4) is 0 Å². The molecule has 0 heterocycles. The van der Waals surface area contributed by atoms with Crippen molar-refractivity contribution in [3.05, 3.63) is 45.7 Å². The number of primary amides is 1. The first-order valence-corrected chi connectivity index (χ1v) is 12.6. The van der Waals surface area contributed by atoms with Crippen molar-refractivity contribution in [2.75, 3.05) is 20.6 Å². The van der Waals surface area contributed by atoms with Crippen molar-refractivity contribution in [1.29, 1.82) is 0 Å². The van der Waals surface area contributed by atoms with E-state index in [1.807, 2.05) is 13.8 Å². The van der Waals surface area contributed by atoms with Crippen LogP contribution >= 0.6 is 0 Å². The predicted molar refractivity (Wildman–Crippen MR) is 137 cm³/mol. The Labute approximate surface area is 220 Å². The van der Waals surface area contributed by atoms with E-state index in [0.717, 1.165) is 0 Å². The Morgan fingerprint density at radius 3 is 2.37 bits per heavy atom. The first-order chi connectivity index (χ1) is 17.7. The van der Waals surface area contributed by atoms with Crippen LogP contribution in [0.2, 0.25) is 0 Å². The van der Waals surface area contributed by atoms with E-state index in [-0.39, 0.29) is 11.3 Å². The average molecular weight is 530 g/mol. The molecule has 0 bridgehead atoms. The highest BCUT2D eigenvalue weighted by Crippen LogP contribution is 2.56. The molecule has 6 unspecified atom stereocenters. The van der Waals surface area contributed by atoms with Crippen LogP contribution in [0.25, 0.3) is 5.76 Å². The fourth-order valence-electron chi connectivity index (χ4n) is 6.30. The molecule has 0 aromatic heterocycles. The molecule has 0 spiro atoms. The number of hydrogen-bond donors (Lipinski definition) is 7. The predicted octanol–water partition coefficient (Wildman–Crippen LogP) is 0.241. The zero-order valence-corrected chi connectivity index (χ0v) is 22.0. The van der Waals surface area contributed by atoms with E-state index < -0.39 is 75.6 Å². The first-order valence-electron chi connectivity index (χ1n) is 12.6. The second-order valence-corrected chi connectivity index (χ2v) is 11.1. The van der Waals surface area contributed by atoms with Crippen molar-refractivity contribution in [1.82, 2.24) is 10.2 Å². The monoisotopic (exact) mass is 529 g/mol. The fraction of sp³-hybridized carbons (Fsp3) is 0.519. The molecule has 1 saturated carbocycles. The number of nitrogens with one attached hydrogen (secondary N) is 1. The maximum absolute atomic E-state index is 14.0. The number of fused-ring (bicyclic) bond motifs is 3. The number of carbonyl (C=O) groups is 3.